The van der Waals surface area contributed by atoms with Gasteiger partial charge in [0.15, 0.2) is 23.1 Å². The predicted octanol–water partition coefficient (Wildman–Crippen LogP) is 1.39. The van der Waals surface area contributed by atoms with Gasteiger partial charge in [-0.2, -0.15) is 0 Å². The lowest BCUT2D eigenvalue weighted by Crippen LogP contribution is -2.47. The Kier molecular flexibility index (Phi) is 8.36. The highest BCUT2D eigenvalue weighted by molar-refractivity contribution is 5.95. The summed E-state index contributed by atoms with van der Waals surface area (Å²) in [6.07, 6.45) is 1.95. The molecule has 3 aromatic rings. The number of aryl methyl sites for hydroxylation is 1. The average molecular weight is 570 g/mol. The van der Waals surface area contributed by atoms with Crippen LogP contribution in [0, 0.1) is 11.6 Å². The summed E-state index contributed by atoms with van der Waals surface area (Å²) in [6.45, 7) is 0.769. The fourth-order valence-corrected chi connectivity index (χ4v) is 5.14. The Bertz CT molecular complexity index is 1420. The predicted molar refractivity (Wildman–Crippen MR) is 139 cm³/mol. The topological polar surface area (TPSA) is 132 Å². The van der Waals surface area contributed by atoms with Crippen molar-refractivity contribution in [3.63, 3.8) is 0 Å². The van der Waals surface area contributed by atoms with Crippen molar-refractivity contribution in [2.45, 2.75) is 31.3 Å². The molecule has 12 nitrogen and oxygen atoms in total. The van der Waals surface area contributed by atoms with Crippen LogP contribution in [0.25, 0.3) is 0 Å². The Labute approximate surface area is 234 Å². The molecule has 2 atom stereocenters. The van der Waals surface area contributed by atoms with Crippen LogP contribution < -0.4 is 14.8 Å². The van der Waals surface area contributed by atoms with Crippen LogP contribution in [-0.2, 0) is 16.1 Å². The highest BCUT2D eigenvalue weighted by Crippen LogP contribution is 2.35. The first-order chi connectivity index (χ1) is 19.8. The van der Waals surface area contributed by atoms with E-state index in [4.69, 9.17) is 9.47 Å². The van der Waals surface area contributed by atoms with Crippen molar-refractivity contribution in [3.05, 3.63) is 65.5 Å². The van der Waals surface area contributed by atoms with Gasteiger partial charge in [-0.25, -0.2) is 13.5 Å². The van der Waals surface area contributed by atoms with Crippen molar-refractivity contribution in [1.82, 2.24) is 35.3 Å². The number of nitrogens with zero attached hydrogens (tertiary/aromatic N) is 6. The number of amides is 3. The smallest absolute Gasteiger partial charge is 0.257 e. The number of hydrogen-bond acceptors (Lipinski definition) is 8. The first-order valence-corrected chi connectivity index (χ1v) is 13.2. The number of likely N-dealkylation sites (tertiary alicyclic amines) is 1. The zero-order valence-corrected chi connectivity index (χ0v) is 22.3. The van der Waals surface area contributed by atoms with E-state index in [0.717, 1.165) is 11.6 Å². The molecule has 1 N–H and O–H groups in total. The number of carbonyl (C=O) groups is 3. The van der Waals surface area contributed by atoms with Gasteiger partial charge in [-0.1, -0.05) is 12.1 Å². The van der Waals surface area contributed by atoms with Gasteiger partial charge in [-0.3, -0.25) is 14.4 Å². The number of methoxy groups -OCH3 is 1. The van der Waals surface area contributed by atoms with E-state index in [-0.39, 0.29) is 57.2 Å². The summed E-state index contributed by atoms with van der Waals surface area (Å²) in [5, 5.41) is 13.8. The van der Waals surface area contributed by atoms with E-state index < -0.39 is 35.4 Å². The number of hydrogen-bond donors (Lipinski definition) is 1. The zero-order chi connectivity index (χ0) is 28.9. The van der Waals surface area contributed by atoms with E-state index in [0.29, 0.717) is 17.9 Å². The van der Waals surface area contributed by atoms with E-state index in [1.54, 1.807) is 12.1 Å². The van der Waals surface area contributed by atoms with Crippen molar-refractivity contribution in [2.24, 2.45) is 0 Å². The Morgan fingerprint density at radius 2 is 2.02 bits per heavy atom. The molecule has 41 heavy (non-hydrogen) atoms. The lowest BCUT2D eigenvalue weighted by Gasteiger charge is -2.24. The molecule has 2 aliphatic heterocycles. The van der Waals surface area contributed by atoms with Crippen LogP contribution in [0.1, 0.15) is 34.7 Å². The summed E-state index contributed by atoms with van der Waals surface area (Å²) in [6, 6.07) is 8.24. The minimum Gasteiger partial charge on any atom is -0.493 e. The van der Waals surface area contributed by atoms with E-state index in [2.05, 4.69) is 20.8 Å². The number of aromatic nitrogens is 4. The van der Waals surface area contributed by atoms with Gasteiger partial charge in [0, 0.05) is 32.0 Å². The maximum Gasteiger partial charge on any atom is 0.257 e. The lowest BCUT2D eigenvalue weighted by molar-refractivity contribution is -0.136. The molecule has 3 heterocycles. The molecule has 1 aromatic heterocycles. The summed E-state index contributed by atoms with van der Waals surface area (Å²) in [4.78, 5) is 42.4. The maximum absolute atomic E-state index is 14.5. The van der Waals surface area contributed by atoms with Gasteiger partial charge in [0.1, 0.15) is 6.33 Å². The number of ether oxygens (including phenoxy) is 2. The Balaban J connectivity index is 1.40. The third kappa shape index (κ3) is 6.26. The molecule has 14 heteroatoms. The summed E-state index contributed by atoms with van der Waals surface area (Å²) < 4.78 is 41.2. The minimum atomic E-state index is -1.22. The molecular formula is C27H29F2N7O5. The van der Waals surface area contributed by atoms with Crippen LogP contribution in [0.4, 0.5) is 8.78 Å². The number of carbonyl (C=O) groups excluding carboxylic acids is 3. The third-order valence-electron chi connectivity index (χ3n) is 7.21. The molecule has 2 aromatic carbocycles. The first-order valence-electron chi connectivity index (χ1n) is 13.2. The zero-order valence-electron chi connectivity index (χ0n) is 22.3. The molecule has 2 aliphatic rings. The lowest BCUT2D eigenvalue weighted by atomic mass is 9.94. The van der Waals surface area contributed by atoms with E-state index in [1.807, 2.05) is 6.07 Å². The standard InChI is InChI=1S/C27H29F2N7O5/c1-40-22-7-6-17-12-23(22)41-11-3-9-34(25(38)8-10-36-16-30-32-33-36)15-24(37)31-21-14-35(13-19(17)21)27(39)18-4-2-5-20(28)26(18)29/h2,4-7,12,16,19,21H,3,8-11,13-15H2,1H3,(H,31,37)/t19-,21+/m1/s1. The number of halogens is 2. The summed E-state index contributed by atoms with van der Waals surface area (Å²) >= 11 is 0. The van der Waals surface area contributed by atoms with Crippen LogP contribution in [0.2, 0.25) is 0 Å². The van der Waals surface area contributed by atoms with Gasteiger partial charge in [-0.15, -0.1) is 5.10 Å². The third-order valence-corrected chi connectivity index (χ3v) is 7.21. The van der Waals surface area contributed by atoms with E-state index >= 15 is 0 Å². The van der Waals surface area contributed by atoms with Gasteiger partial charge >= 0.3 is 0 Å². The summed E-state index contributed by atoms with van der Waals surface area (Å²) in [7, 11) is 1.52. The van der Waals surface area contributed by atoms with Crippen molar-refractivity contribution in [3.8, 4) is 11.5 Å². The highest BCUT2D eigenvalue weighted by atomic mass is 19.2. The van der Waals surface area contributed by atoms with Crippen molar-refractivity contribution in [1.29, 1.82) is 0 Å². The summed E-state index contributed by atoms with van der Waals surface area (Å²) in [5.74, 6) is -3.10. The molecule has 5 rings (SSSR count). The minimum absolute atomic E-state index is 0.0562. The van der Waals surface area contributed by atoms with E-state index in [9.17, 15) is 23.2 Å². The average Bonchev–Trinajstić information content (AvgIpc) is 3.64. The van der Waals surface area contributed by atoms with Crippen molar-refractivity contribution >= 4 is 17.7 Å². The van der Waals surface area contributed by atoms with Crippen molar-refractivity contribution in [2.75, 3.05) is 39.9 Å². The second-order valence-corrected chi connectivity index (χ2v) is 9.84. The maximum atomic E-state index is 14.5. The Morgan fingerprint density at radius 3 is 2.80 bits per heavy atom. The monoisotopic (exact) mass is 569 g/mol. The molecule has 1 fully saturated rings. The molecule has 0 unspecified atom stereocenters. The molecule has 0 saturated carbocycles. The summed E-state index contributed by atoms with van der Waals surface area (Å²) in [5.41, 5.74) is 0.387. The molecule has 3 amide bonds. The number of nitrogens with one attached hydrogen (secondary N) is 1. The Hall–Kier alpha value is -4.62. The number of tetrazole rings is 1. The van der Waals surface area contributed by atoms with Gasteiger partial charge in [0.25, 0.3) is 5.91 Å². The SMILES string of the molecule is COc1ccc2cc1OCCCN(C(=O)CCn1cnnn1)CC(=O)N[C@H]1CN(C(=O)c3cccc(F)c3F)C[C@H]21. The number of fused-ring (bicyclic) bond motifs is 4. The second-order valence-electron chi connectivity index (χ2n) is 9.84. The van der Waals surface area contributed by atoms with Gasteiger partial charge in [0.2, 0.25) is 11.8 Å². The van der Waals surface area contributed by atoms with Crippen LogP contribution in [-0.4, -0.2) is 93.7 Å². The number of benzene rings is 2. The van der Waals surface area contributed by atoms with Crippen LogP contribution in [0.3, 0.4) is 0 Å². The second kappa shape index (κ2) is 12.3. The first kappa shape index (κ1) is 27.9. The largest absolute Gasteiger partial charge is 0.493 e. The van der Waals surface area contributed by atoms with Crippen LogP contribution in [0.15, 0.2) is 42.7 Å². The van der Waals surface area contributed by atoms with Crippen molar-refractivity contribution < 1.29 is 32.6 Å². The molecular weight excluding hydrogens is 540 g/mol. The van der Waals surface area contributed by atoms with Crippen LogP contribution >= 0.6 is 0 Å². The van der Waals surface area contributed by atoms with E-state index in [1.165, 1.54) is 40.1 Å². The van der Waals surface area contributed by atoms with Gasteiger partial charge in [-0.05, 0) is 46.7 Å². The molecule has 0 spiro atoms. The Morgan fingerprint density at radius 1 is 1.17 bits per heavy atom. The molecule has 2 bridgehead atoms. The molecule has 1 saturated heterocycles. The fraction of sp³-hybridized carbons (Fsp3) is 0.407. The molecule has 216 valence electrons. The quantitative estimate of drug-likeness (QED) is 0.488. The van der Waals surface area contributed by atoms with Crippen LogP contribution in [0.5, 0.6) is 11.5 Å². The molecule has 0 radical (unpaired) electrons. The fourth-order valence-electron chi connectivity index (χ4n) is 5.14. The van der Waals surface area contributed by atoms with Gasteiger partial charge in [0.05, 0.1) is 38.4 Å². The highest BCUT2D eigenvalue weighted by Gasteiger charge is 2.39. The number of rotatable bonds is 5. The normalized spacial score (nSPS) is 19.2. The van der Waals surface area contributed by atoms with Gasteiger partial charge < -0.3 is 24.6 Å². The molecule has 0 aliphatic carbocycles.